The van der Waals surface area contributed by atoms with Crippen molar-refractivity contribution in [3.05, 3.63) is 35.1 Å². The van der Waals surface area contributed by atoms with Gasteiger partial charge in [-0.2, -0.15) is 0 Å². The van der Waals surface area contributed by atoms with Gasteiger partial charge in [-0.15, -0.1) is 0 Å². The van der Waals surface area contributed by atoms with E-state index in [0.717, 1.165) is 31.2 Å². The summed E-state index contributed by atoms with van der Waals surface area (Å²) >= 11 is 0. The van der Waals surface area contributed by atoms with Gasteiger partial charge < -0.3 is 10.2 Å². The number of benzene rings is 1. The summed E-state index contributed by atoms with van der Waals surface area (Å²) in [5.74, 6) is 0.144. The largest absolute Gasteiger partial charge is 0.334 e. The summed E-state index contributed by atoms with van der Waals surface area (Å²) in [7, 11) is -1.90. The van der Waals surface area contributed by atoms with Crippen molar-refractivity contribution in [2.24, 2.45) is 5.92 Å². The van der Waals surface area contributed by atoms with E-state index in [1.807, 2.05) is 6.07 Å². The molecule has 0 spiro atoms. The highest BCUT2D eigenvalue weighted by Gasteiger charge is 2.27. The van der Waals surface area contributed by atoms with Crippen molar-refractivity contribution in [1.29, 1.82) is 0 Å². The number of amides is 2. The maximum atomic E-state index is 14.2. The molecule has 2 amide bonds. The molecule has 2 aliphatic rings. The average molecular weight is 383 g/mol. The summed E-state index contributed by atoms with van der Waals surface area (Å²) in [6, 6.07) is 4.96. The molecule has 2 fully saturated rings. The molecule has 1 heterocycles. The van der Waals surface area contributed by atoms with E-state index < -0.39 is 10.0 Å². The van der Waals surface area contributed by atoms with Crippen LogP contribution in [0.25, 0.3) is 0 Å². The minimum Gasteiger partial charge on any atom is -0.334 e. The number of hydrogen-bond acceptors (Lipinski definition) is 3. The van der Waals surface area contributed by atoms with Crippen LogP contribution >= 0.6 is 0 Å². The van der Waals surface area contributed by atoms with E-state index in [1.54, 1.807) is 17.0 Å². The number of carbonyl (C=O) groups excluding carboxylic acids is 1. The van der Waals surface area contributed by atoms with Gasteiger partial charge in [-0.25, -0.2) is 22.3 Å². The highest BCUT2D eigenvalue weighted by molar-refractivity contribution is 7.89. The van der Waals surface area contributed by atoms with Gasteiger partial charge in [0.2, 0.25) is 10.0 Å². The molecule has 1 saturated heterocycles. The Hall–Kier alpha value is -1.67. The van der Waals surface area contributed by atoms with Crippen LogP contribution in [0, 0.1) is 11.7 Å². The van der Waals surface area contributed by atoms with Crippen molar-refractivity contribution in [3.8, 4) is 0 Å². The van der Waals surface area contributed by atoms with Crippen LogP contribution in [-0.4, -0.2) is 45.2 Å². The van der Waals surface area contributed by atoms with E-state index in [9.17, 15) is 17.6 Å². The van der Waals surface area contributed by atoms with Crippen molar-refractivity contribution in [1.82, 2.24) is 14.9 Å². The summed E-state index contributed by atoms with van der Waals surface area (Å²) < 4.78 is 39.9. The lowest BCUT2D eigenvalue weighted by Gasteiger charge is -2.32. The quantitative estimate of drug-likeness (QED) is 0.790. The van der Waals surface area contributed by atoms with E-state index in [-0.39, 0.29) is 30.1 Å². The average Bonchev–Trinajstić information content (AvgIpc) is 3.45. The molecule has 0 radical (unpaired) electrons. The molecule has 3 rings (SSSR count). The first-order valence-electron chi connectivity index (χ1n) is 9.10. The molecule has 6 nitrogen and oxygen atoms in total. The van der Waals surface area contributed by atoms with Crippen LogP contribution in [0.1, 0.15) is 42.7 Å². The van der Waals surface area contributed by atoms with Crippen LogP contribution in [0.4, 0.5) is 9.18 Å². The molecule has 0 bridgehead atoms. The zero-order valence-electron chi connectivity index (χ0n) is 15.0. The molecule has 1 aliphatic carbocycles. The SMILES string of the molecule is CNS(=O)(=O)CC1CCCN(C(=O)NCc2ccc(C3CC3)cc2F)C1. The standard InChI is InChI=1S/C18H26FN3O3S/c1-20-26(24,25)12-13-3-2-8-22(11-13)18(23)21-10-16-7-6-15(9-17(16)19)14-4-5-14/h6-7,9,13-14,20H,2-5,8,10-12H2,1H3,(H,21,23). The topological polar surface area (TPSA) is 78.5 Å². The van der Waals surface area contributed by atoms with Gasteiger partial charge in [-0.1, -0.05) is 12.1 Å². The molecular weight excluding hydrogens is 357 g/mol. The van der Waals surface area contributed by atoms with Crippen molar-refractivity contribution in [2.45, 2.75) is 38.1 Å². The smallest absolute Gasteiger partial charge is 0.317 e. The number of sulfonamides is 1. The van der Waals surface area contributed by atoms with Gasteiger partial charge in [0, 0.05) is 25.2 Å². The van der Waals surface area contributed by atoms with Crippen LogP contribution in [0.5, 0.6) is 0 Å². The third-order valence-electron chi connectivity index (χ3n) is 5.13. The molecule has 26 heavy (non-hydrogen) atoms. The Kier molecular flexibility index (Phi) is 5.82. The molecule has 1 aliphatic heterocycles. The molecule has 1 aromatic rings. The second-order valence-corrected chi connectivity index (χ2v) is 9.19. The van der Waals surface area contributed by atoms with Crippen LogP contribution in [0.15, 0.2) is 18.2 Å². The highest BCUT2D eigenvalue weighted by Crippen LogP contribution is 2.40. The predicted octanol–water partition coefficient (Wildman–Crippen LogP) is 2.17. The van der Waals surface area contributed by atoms with E-state index in [1.165, 1.54) is 7.05 Å². The molecule has 1 unspecified atom stereocenters. The Labute approximate surface area is 154 Å². The summed E-state index contributed by atoms with van der Waals surface area (Å²) in [5, 5.41) is 2.75. The van der Waals surface area contributed by atoms with E-state index in [0.29, 0.717) is 24.6 Å². The monoisotopic (exact) mass is 383 g/mol. The third kappa shape index (κ3) is 4.94. The van der Waals surface area contributed by atoms with E-state index in [4.69, 9.17) is 0 Å². The zero-order chi connectivity index (χ0) is 18.7. The van der Waals surface area contributed by atoms with Gasteiger partial charge in [-0.05, 0) is 56.2 Å². The Balaban J connectivity index is 1.53. The lowest BCUT2D eigenvalue weighted by Crippen LogP contribution is -2.47. The fraction of sp³-hybridized carbons (Fsp3) is 0.611. The summed E-state index contributed by atoms with van der Waals surface area (Å²) in [4.78, 5) is 14.0. The Morgan fingerprint density at radius 3 is 2.73 bits per heavy atom. The van der Waals surface area contributed by atoms with E-state index >= 15 is 0 Å². The minimum absolute atomic E-state index is 0.0184. The van der Waals surface area contributed by atoms with Gasteiger partial charge in [0.25, 0.3) is 0 Å². The Morgan fingerprint density at radius 2 is 2.08 bits per heavy atom. The molecule has 0 aromatic heterocycles. The van der Waals surface area contributed by atoms with Gasteiger partial charge in [0.05, 0.1) is 5.75 Å². The lowest BCUT2D eigenvalue weighted by molar-refractivity contribution is 0.170. The van der Waals surface area contributed by atoms with Crippen molar-refractivity contribution in [2.75, 3.05) is 25.9 Å². The van der Waals surface area contributed by atoms with Crippen molar-refractivity contribution >= 4 is 16.1 Å². The van der Waals surface area contributed by atoms with E-state index in [2.05, 4.69) is 10.0 Å². The second-order valence-electron chi connectivity index (χ2n) is 7.22. The first-order valence-corrected chi connectivity index (χ1v) is 10.8. The number of halogens is 1. The number of carbonyl (C=O) groups is 1. The minimum atomic E-state index is -3.29. The van der Waals surface area contributed by atoms with Gasteiger partial charge in [-0.3, -0.25) is 0 Å². The van der Waals surface area contributed by atoms with Crippen LogP contribution < -0.4 is 10.0 Å². The number of urea groups is 1. The summed E-state index contributed by atoms with van der Waals surface area (Å²) in [6.45, 7) is 1.12. The fourth-order valence-corrected chi connectivity index (χ4v) is 4.50. The fourth-order valence-electron chi connectivity index (χ4n) is 3.44. The summed E-state index contributed by atoms with van der Waals surface area (Å²) in [5.41, 5.74) is 1.50. The number of hydrogen-bond donors (Lipinski definition) is 2. The first-order chi connectivity index (χ1) is 12.4. The van der Waals surface area contributed by atoms with Gasteiger partial charge >= 0.3 is 6.03 Å². The van der Waals surface area contributed by atoms with Crippen molar-refractivity contribution < 1.29 is 17.6 Å². The second kappa shape index (κ2) is 7.92. The Bertz CT molecular complexity index is 765. The third-order valence-corrected chi connectivity index (χ3v) is 6.66. The maximum absolute atomic E-state index is 14.2. The number of nitrogens with one attached hydrogen (secondary N) is 2. The number of nitrogens with zero attached hydrogens (tertiary/aromatic N) is 1. The number of piperidine rings is 1. The predicted molar refractivity (Wildman–Crippen MR) is 97.8 cm³/mol. The molecule has 144 valence electrons. The van der Waals surface area contributed by atoms with Gasteiger partial charge in [0.15, 0.2) is 0 Å². The molecule has 2 N–H and O–H groups in total. The molecule has 1 saturated carbocycles. The van der Waals surface area contributed by atoms with Crippen LogP contribution in [-0.2, 0) is 16.6 Å². The maximum Gasteiger partial charge on any atom is 0.317 e. The molecule has 1 atom stereocenters. The normalized spacial score (nSPS) is 20.8. The van der Waals surface area contributed by atoms with Crippen molar-refractivity contribution in [3.63, 3.8) is 0 Å². The Morgan fingerprint density at radius 1 is 1.31 bits per heavy atom. The lowest BCUT2D eigenvalue weighted by atomic mass is 10.0. The molecule has 1 aromatic carbocycles. The van der Waals surface area contributed by atoms with Crippen LogP contribution in [0.3, 0.4) is 0 Å². The van der Waals surface area contributed by atoms with Crippen LogP contribution in [0.2, 0.25) is 0 Å². The first kappa shape index (κ1) is 19.1. The highest BCUT2D eigenvalue weighted by atomic mass is 32.2. The number of likely N-dealkylation sites (tertiary alicyclic amines) is 1. The summed E-state index contributed by atoms with van der Waals surface area (Å²) in [6.07, 6.45) is 3.79. The molecular formula is C18H26FN3O3S. The molecule has 8 heteroatoms. The number of rotatable bonds is 6. The zero-order valence-corrected chi connectivity index (χ0v) is 15.8. The van der Waals surface area contributed by atoms with Gasteiger partial charge in [0.1, 0.15) is 5.82 Å².